The maximum Gasteiger partial charge on any atom is 0.0180 e. The van der Waals surface area contributed by atoms with E-state index in [1.165, 1.54) is 10.8 Å². The van der Waals surface area contributed by atoms with Crippen molar-refractivity contribution in [2.45, 2.75) is 9.79 Å². The summed E-state index contributed by atoms with van der Waals surface area (Å²) >= 11 is 8.59. The van der Waals surface area contributed by atoms with Crippen LogP contribution in [0.1, 0.15) is 0 Å². The van der Waals surface area contributed by atoms with Crippen LogP contribution in [-0.4, -0.2) is 0 Å². The lowest BCUT2D eigenvalue weighted by molar-refractivity contribution is 1.30. The van der Waals surface area contributed by atoms with Gasteiger partial charge in [0.25, 0.3) is 0 Å². The molecule has 0 saturated carbocycles. The predicted octanol–water partition coefficient (Wildman–Crippen LogP) is 3.42. The van der Waals surface area contributed by atoms with E-state index in [4.69, 9.17) is 0 Å². The molecule has 0 aliphatic heterocycles. The van der Waals surface area contributed by atoms with Crippen molar-refractivity contribution in [2.75, 3.05) is 0 Å². The zero-order chi connectivity index (χ0) is 8.55. The highest BCUT2D eigenvalue weighted by Crippen LogP contribution is 2.24. The summed E-state index contributed by atoms with van der Waals surface area (Å²) in [5, 5.41) is 2.42. The van der Waals surface area contributed by atoms with E-state index in [9.17, 15) is 0 Å². The molecule has 0 fully saturated rings. The maximum atomic E-state index is 4.30. The zero-order valence-corrected chi connectivity index (χ0v) is 8.15. The number of benzene rings is 2. The fourth-order valence-electron chi connectivity index (χ4n) is 1.22. The van der Waals surface area contributed by atoms with Crippen molar-refractivity contribution in [1.29, 1.82) is 0 Å². The highest BCUT2D eigenvalue weighted by atomic mass is 32.1. The molecule has 0 spiro atoms. The first-order valence-corrected chi connectivity index (χ1v) is 4.57. The van der Waals surface area contributed by atoms with E-state index in [0.717, 1.165) is 9.79 Å². The minimum absolute atomic E-state index is 0.928. The molecule has 0 aliphatic carbocycles. The van der Waals surface area contributed by atoms with Crippen LogP contribution in [0.25, 0.3) is 10.8 Å². The van der Waals surface area contributed by atoms with Crippen molar-refractivity contribution in [3.05, 3.63) is 36.4 Å². The molecule has 0 heterocycles. The van der Waals surface area contributed by atoms with Crippen LogP contribution >= 0.6 is 25.3 Å². The third-order valence-corrected chi connectivity index (χ3v) is 2.76. The fraction of sp³-hybridized carbons (Fsp3) is 0. The fourth-order valence-corrected chi connectivity index (χ4v) is 1.62. The third-order valence-electron chi connectivity index (χ3n) is 1.84. The largest absolute Gasteiger partial charge is 0.142 e. The summed E-state index contributed by atoms with van der Waals surface area (Å²) in [6.45, 7) is 0. The predicted molar refractivity (Wildman–Crippen MR) is 58.5 cm³/mol. The number of fused-ring (bicyclic) bond motifs is 1. The Balaban J connectivity index is 2.84. The van der Waals surface area contributed by atoms with E-state index < -0.39 is 0 Å². The minimum atomic E-state index is 0.928. The summed E-state index contributed by atoms with van der Waals surface area (Å²) in [6.07, 6.45) is 0. The van der Waals surface area contributed by atoms with E-state index in [-0.39, 0.29) is 0 Å². The highest BCUT2D eigenvalue weighted by molar-refractivity contribution is 7.83. The molecule has 12 heavy (non-hydrogen) atoms. The Bertz CT molecular complexity index is 381. The van der Waals surface area contributed by atoms with E-state index in [0.29, 0.717) is 0 Å². The van der Waals surface area contributed by atoms with Gasteiger partial charge in [0, 0.05) is 9.79 Å². The molecule has 0 bridgehead atoms. The van der Waals surface area contributed by atoms with Crippen LogP contribution in [-0.2, 0) is 0 Å². The number of hydrogen-bond acceptors (Lipinski definition) is 2. The van der Waals surface area contributed by atoms with E-state index in [1.807, 2.05) is 24.3 Å². The summed E-state index contributed by atoms with van der Waals surface area (Å²) in [5.74, 6) is 0. The van der Waals surface area contributed by atoms with E-state index >= 15 is 0 Å². The van der Waals surface area contributed by atoms with Gasteiger partial charge >= 0.3 is 0 Å². The van der Waals surface area contributed by atoms with Crippen LogP contribution in [0.2, 0.25) is 0 Å². The average molecular weight is 192 g/mol. The van der Waals surface area contributed by atoms with Gasteiger partial charge < -0.3 is 0 Å². The van der Waals surface area contributed by atoms with Crippen LogP contribution in [0.4, 0.5) is 0 Å². The lowest BCUT2D eigenvalue weighted by Crippen LogP contribution is -1.74. The van der Waals surface area contributed by atoms with Gasteiger partial charge in [-0.25, -0.2) is 0 Å². The number of hydrogen-bond donors (Lipinski definition) is 2. The van der Waals surface area contributed by atoms with Crippen molar-refractivity contribution in [3.8, 4) is 0 Å². The van der Waals surface area contributed by atoms with Gasteiger partial charge in [-0.3, -0.25) is 0 Å². The second-order valence-corrected chi connectivity index (χ2v) is 3.65. The topological polar surface area (TPSA) is 0 Å². The number of thiol groups is 2. The van der Waals surface area contributed by atoms with Crippen LogP contribution in [0.3, 0.4) is 0 Å². The smallest absolute Gasteiger partial charge is 0.0180 e. The molecule has 0 N–H and O–H groups in total. The van der Waals surface area contributed by atoms with Gasteiger partial charge in [0.05, 0.1) is 0 Å². The molecule has 0 nitrogen and oxygen atoms in total. The maximum absolute atomic E-state index is 4.30. The molecule has 2 aromatic carbocycles. The van der Waals surface area contributed by atoms with Crippen molar-refractivity contribution >= 4 is 36.0 Å². The standard InChI is InChI=1S/C10H8S2/c11-9-5-7-3-1-2-4-8(7)6-10(9)12/h1-6,11-12H. The van der Waals surface area contributed by atoms with Gasteiger partial charge in [0.2, 0.25) is 0 Å². The van der Waals surface area contributed by atoms with Crippen molar-refractivity contribution in [3.63, 3.8) is 0 Å². The Morgan fingerprint density at radius 1 is 0.750 bits per heavy atom. The SMILES string of the molecule is Sc1cc2ccccc2cc1S. The lowest BCUT2D eigenvalue weighted by Gasteiger charge is -2.01. The van der Waals surface area contributed by atoms with Gasteiger partial charge in [-0.2, -0.15) is 0 Å². The van der Waals surface area contributed by atoms with E-state index in [1.54, 1.807) is 0 Å². The van der Waals surface area contributed by atoms with Crippen LogP contribution in [0.15, 0.2) is 46.2 Å². The van der Waals surface area contributed by atoms with E-state index in [2.05, 4.69) is 37.4 Å². The highest BCUT2D eigenvalue weighted by Gasteiger charge is 1.96. The summed E-state index contributed by atoms with van der Waals surface area (Å²) < 4.78 is 0. The summed E-state index contributed by atoms with van der Waals surface area (Å²) in [5.41, 5.74) is 0. The molecule has 0 aliphatic rings. The lowest BCUT2D eigenvalue weighted by atomic mass is 10.1. The second kappa shape index (κ2) is 3.04. The molecular weight excluding hydrogens is 184 g/mol. The van der Waals surface area contributed by atoms with Gasteiger partial charge in [0.15, 0.2) is 0 Å². The molecule has 2 rings (SSSR count). The zero-order valence-electron chi connectivity index (χ0n) is 6.36. The van der Waals surface area contributed by atoms with Crippen molar-refractivity contribution in [2.24, 2.45) is 0 Å². The molecule has 0 aromatic heterocycles. The first-order chi connectivity index (χ1) is 5.77. The van der Waals surface area contributed by atoms with Crippen molar-refractivity contribution < 1.29 is 0 Å². The molecule has 0 atom stereocenters. The number of rotatable bonds is 0. The first kappa shape index (κ1) is 8.02. The average Bonchev–Trinajstić information content (AvgIpc) is 2.07. The molecular formula is C10H8S2. The monoisotopic (exact) mass is 192 g/mol. The van der Waals surface area contributed by atoms with Crippen LogP contribution in [0, 0.1) is 0 Å². The Kier molecular flexibility index (Phi) is 2.03. The third kappa shape index (κ3) is 1.32. The van der Waals surface area contributed by atoms with Gasteiger partial charge in [-0.1, -0.05) is 24.3 Å². The normalized spacial score (nSPS) is 10.5. The molecule has 0 unspecified atom stereocenters. The molecule has 2 aromatic rings. The second-order valence-electron chi connectivity index (χ2n) is 2.69. The Labute approximate surface area is 82.4 Å². The van der Waals surface area contributed by atoms with Gasteiger partial charge in [-0.15, -0.1) is 25.3 Å². The Morgan fingerprint density at radius 2 is 1.17 bits per heavy atom. The summed E-state index contributed by atoms with van der Waals surface area (Å²) in [6, 6.07) is 12.2. The van der Waals surface area contributed by atoms with Crippen molar-refractivity contribution in [1.82, 2.24) is 0 Å². The Hall–Kier alpha value is -0.600. The Morgan fingerprint density at radius 3 is 1.58 bits per heavy atom. The quantitative estimate of drug-likeness (QED) is 0.587. The molecule has 0 saturated heterocycles. The first-order valence-electron chi connectivity index (χ1n) is 3.68. The molecule has 60 valence electrons. The molecule has 0 radical (unpaired) electrons. The summed E-state index contributed by atoms with van der Waals surface area (Å²) in [7, 11) is 0. The minimum Gasteiger partial charge on any atom is -0.142 e. The van der Waals surface area contributed by atoms with Gasteiger partial charge in [-0.05, 0) is 22.9 Å². The van der Waals surface area contributed by atoms with Gasteiger partial charge in [0.1, 0.15) is 0 Å². The molecule has 2 heteroatoms. The summed E-state index contributed by atoms with van der Waals surface area (Å²) in [4.78, 5) is 1.86. The van der Waals surface area contributed by atoms with Crippen LogP contribution < -0.4 is 0 Å². The van der Waals surface area contributed by atoms with Crippen LogP contribution in [0.5, 0.6) is 0 Å². The molecule has 0 amide bonds.